The van der Waals surface area contributed by atoms with Gasteiger partial charge in [0.2, 0.25) is 11.9 Å². The Hall–Kier alpha value is -2.02. The maximum Gasteiger partial charge on any atom is 0.240 e. The summed E-state index contributed by atoms with van der Waals surface area (Å²) in [7, 11) is 0. The SMILES string of the molecule is O=C([C@@H](Sc1nnc(N2CCCC2)n1C1CC1)c1ccccc1)N1CCCCC1. The third kappa shape index (κ3) is 4.02. The molecule has 0 N–H and O–H groups in total. The lowest BCUT2D eigenvalue weighted by Crippen LogP contribution is -2.38. The summed E-state index contributed by atoms with van der Waals surface area (Å²) in [5.41, 5.74) is 1.06. The lowest BCUT2D eigenvalue weighted by atomic mass is 10.1. The fourth-order valence-corrected chi connectivity index (χ4v) is 5.60. The van der Waals surface area contributed by atoms with Crippen molar-refractivity contribution < 1.29 is 4.79 Å². The number of nitrogens with zero attached hydrogens (tertiary/aromatic N) is 5. The Morgan fingerprint density at radius 3 is 2.31 bits per heavy atom. The highest BCUT2D eigenvalue weighted by atomic mass is 32.2. The van der Waals surface area contributed by atoms with E-state index in [1.165, 1.54) is 32.1 Å². The molecule has 1 aromatic carbocycles. The van der Waals surface area contributed by atoms with Gasteiger partial charge in [-0.05, 0) is 50.5 Å². The Bertz CT molecular complexity index is 838. The predicted molar refractivity (Wildman–Crippen MR) is 115 cm³/mol. The van der Waals surface area contributed by atoms with Crippen molar-refractivity contribution in [1.82, 2.24) is 19.7 Å². The minimum Gasteiger partial charge on any atom is -0.341 e. The van der Waals surface area contributed by atoms with Gasteiger partial charge in [-0.15, -0.1) is 10.2 Å². The van der Waals surface area contributed by atoms with Gasteiger partial charge in [-0.2, -0.15) is 0 Å². The van der Waals surface area contributed by atoms with E-state index in [0.29, 0.717) is 6.04 Å². The van der Waals surface area contributed by atoms with E-state index in [2.05, 4.69) is 31.8 Å². The van der Waals surface area contributed by atoms with Crippen LogP contribution in [-0.2, 0) is 4.79 Å². The van der Waals surface area contributed by atoms with Crippen LogP contribution in [0, 0.1) is 0 Å². The number of aromatic nitrogens is 3. The first-order valence-corrected chi connectivity index (χ1v) is 11.9. The Morgan fingerprint density at radius 2 is 1.62 bits per heavy atom. The third-order valence-electron chi connectivity index (χ3n) is 6.17. The molecule has 3 heterocycles. The molecule has 0 bridgehead atoms. The molecule has 0 spiro atoms. The number of carbonyl (C=O) groups excluding carboxylic acids is 1. The van der Waals surface area contributed by atoms with E-state index in [1.54, 1.807) is 11.8 Å². The Morgan fingerprint density at radius 1 is 0.931 bits per heavy atom. The molecule has 1 amide bonds. The van der Waals surface area contributed by atoms with Gasteiger partial charge in [-0.1, -0.05) is 42.1 Å². The number of hydrogen-bond donors (Lipinski definition) is 0. The summed E-state index contributed by atoms with van der Waals surface area (Å²) in [6.45, 7) is 3.86. The molecule has 3 aliphatic rings. The van der Waals surface area contributed by atoms with Crippen molar-refractivity contribution in [2.45, 2.75) is 61.4 Å². The van der Waals surface area contributed by atoms with Crippen molar-refractivity contribution in [3.05, 3.63) is 35.9 Å². The molecule has 3 fully saturated rings. The Labute approximate surface area is 176 Å². The average Bonchev–Trinajstić information content (AvgIpc) is 3.30. The van der Waals surface area contributed by atoms with Crippen LogP contribution in [-0.4, -0.2) is 51.8 Å². The number of anilines is 1. The molecule has 1 atom stereocenters. The first-order valence-electron chi connectivity index (χ1n) is 11.0. The standard InChI is InChI=1S/C22H29N5OS/c28-20(25-13-5-2-6-14-25)19(17-9-3-1-4-10-17)29-22-24-23-21(26-15-7-8-16-26)27(22)18-11-12-18/h1,3-4,9-10,18-19H,2,5-8,11-16H2/t19-/m0/s1. The fourth-order valence-electron chi connectivity index (χ4n) is 4.41. The first kappa shape index (κ1) is 19.0. The summed E-state index contributed by atoms with van der Waals surface area (Å²) >= 11 is 1.59. The van der Waals surface area contributed by atoms with Crippen molar-refractivity contribution in [3.8, 4) is 0 Å². The third-order valence-corrected chi connectivity index (χ3v) is 7.36. The molecule has 0 radical (unpaired) electrons. The highest BCUT2D eigenvalue weighted by Crippen LogP contribution is 2.45. The predicted octanol–water partition coefficient (Wildman–Crippen LogP) is 4.06. The highest BCUT2D eigenvalue weighted by Gasteiger charge is 2.35. The van der Waals surface area contributed by atoms with Gasteiger partial charge in [0, 0.05) is 32.2 Å². The van der Waals surface area contributed by atoms with Crippen LogP contribution < -0.4 is 4.90 Å². The van der Waals surface area contributed by atoms with E-state index in [4.69, 9.17) is 0 Å². The van der Waals surface area contributed by atoms with E-state index in [9.17, 15) is 4.79 Å². The van der Waals surface area contributed by atoms with Gasteiger partial charge in [0.15, 0.2) is 5.16 Å². The van der Waals surface area contributed by atoms with Crippen LogP contribution in [0.5, 0.6) is 0 Å². The molecule has 1 saturated carbocycles. The molecule has 154 valence electrons. The molecule has 0 unspecified atom stereocenters. The zero-order valence-corrected chi connectivity index (χ0v) is 17.7. The lowest BCUT2D eigenvalue weighted by Gasteiger charge is -2.30. The summed E-state index contributed by atoms with van der Waals surface area (Å²) < 4.78 is 2.31. The number of thioether (sulfide) groups is 1. The van der Waals surface area contributed by atoms with Crippen molar-refractivity contribution in [2.75, 3.05) is 31.1 Å². The van der Waals surface area contributed by atoms with Crippen molar-refractivity contribution >= 4 is 23.6 Å². The second kappa shape index (κ2) is 8.38. The number of amides is 1. The van der Waals surface area contributed by atoms with Gasteiger partial charge < -0.3 is 9.80 Å². The number of carbonyl (C=O) groups is 1. The topological polar surface area (TPSA) is 54.3 Å². The molecule has 2 aliphatic heterocycles. The van der Waals surface area contributed by atoms with Gasteiger partial charge in [0.1, 0.15) is 5.25 Å². The second-order valence-electron chi connectivity index (χ2n) is 8.37. The number of piperidine rings is 1. The first-order chi connectivity index (χ1) is 14.3. The van der Waals surface area contributed by atoms with Gasteiger partial charge in [0.05, 0.1) is 0 Å². The number of benzene rings is 1. The van der Waals surface area contributed by atoms with Crippen LogP contribution in [0.4, 0.5) is 5.95 Å². The minimum absolute atomic E-state index is 0.217. The molecule has 2 aromatic rings. The summed E-state index contributed by atoms with van der Waals surface area (Å²) in [5, 5.41) is 9.78. The quantitative estimate of drug-likeness (QED) is 0.671. The summed E-state index contributed by atoms with van der Waals surface area (Å²) in [6.07, 6.45) is 8.25. The van der Waals surface area contributed by atoms with Crippen molar-refractivity contribution in [1.29, 1.82) is 0 Å². The Balaban J connectivity index is 1.45. The van der Waals surface area contributed by atoms with Crippen LogP contribution in [0.1, 0.15) is 61.8 Å². The van der Waals surface area contributed by atoms with Gasteiger partial charge >= 0.3 is 0 Å². The van der Waals surface area contributed by atoms with E-state index >= 15 is 0 Å². The van der Waals surface area contributed by atoms with E-state index in [0.717, 1.165) is 55.7 Å². The van der Waals surface area contributed by atoms with E-state index in [-0.39, 0.29) is 11.2 Å². The van der Waals surface area contributed by atoms with Crippen LogP contribution in [0.25, 0.3) is 0 Å². The van der Waals surface area contributed by atoms with Crippen LogP contribution in [0.3, 0.4) is 0 Å². The molecule has 1 aliphatic carbocycles. The van der Waals surface area contributed by atoms with Crippen LogP contribution in [0.15, 0.2) is 35.5 Å². The molecular weight excluding hydrogens is 382 g/mol. The van der Waals surface area contributed by atoms with Gasteiger partial charge in [0.25, 0.3) is 0 Å². The molecule has 2 saturated heterocycles. The average molecular weight is 412 g/mol. The Kier molecular flexibility index (Phi) is 5.48. The smallest absolute Gasteiger partial charge is 0.240 e. The maximum atomic E-state index is 13.5. The summed E-state index contributed by atoms with van der Waals surface area (Å²) in [6, 6.07) is 10.7. The van der Waals surface area contributed by atoms with Crippen LogP contribution >= 0.6 is 11.8 Å². The minimum atomic E-state index is -0.262. The zero-order valence-electron chi connectivity index (χ0n) is 16.9. The molecule has 5 rings (SSSR count). The molecule has 7 heteroatoms. The summed E-state index contributed by atoms with van der Waals surface area (Å²) in [5.74, 6) is 1.22. The van der Waals surface area contributed by atoms with Crippen molar-refractivity contribution in [2.24, 2.45) is 0 Å². The van der Waals surface area contributed by atoms with Crippen LogP contribution in [0.2, 0.25) is 0 Å². The van der Waals surface area contributed by atoms with E-state index < -0.39 is 0 Å². The van der Waals surface area contributed by atoms with Gasteiger partial charge in [-0.3, -0.25) is 9.36 Å². The largest absolute Gasteiger partial charge is 0.341 e. The monoisotopic (exact) mass is 411 g/mol. The van der Waals surface area contributed by atoms with Gasteiger partial charge in [-0.25, -0.2) is 0 Å². The number of rotatable bonds is 6. The highest BCUT2D eigenvalue weighted by molar-refractivity contribution is 8.00. The molecule has 6 nitrogen and oxygen atoms in total. The second-order valence-corrected chi connectivity index (χ2v) is 9.44. The zero-order chi connectivity index (χ0) is 19.6. The summed E-state index contributed by atoms with van der Waals surface area (Å²) in [4.78, 5) is 17.9. The van der Waals surface area contributed by atoms with Crippen molar-refractivity contribution in [3.63, 3.8) is 0 Å². The molecule has 1 aromatic heterocycles. The normalized spacial score (nSPS) is 20.8. The van der Waals surface area contributed by atoms with E-state index in [1.807, 2.05) is 23.1 Å². The lowest BCUT2D eigenvalue weighted by molar-refractivity contribution is -0.131. The number of likely N-dealkylation sites (tertiary alicyclic amines) is 1. The molecule has 29 heavy (non-hydrogen) atoms. The maximum absolute atomic E-state index is 13.5. The molecular formula is C22H29N5OS. The fraction of sp³-hybridized carbons (Fsp3) is 0.591. The number of hydrogen-bond acceptors (Lipinski definition) is 5.